The predicted molar refractivity (Wildman–Crippen MR) is 102 cm³/mol. The Morgan fingerprint density at radius 3 is 2.50 bits per heavy atom. The summed E-state index contributed by atoms with van der Waals surface area (Å²) >= 11 is 6.04. The minimum absolute atomic E-state index is 0.00409. The fourth-order valence-electron chi connectivity index (χ4n) is 3.84. The summed E-state index contributed by atoms with van der Waals surface area (Å²) in [6.07, 6.45) is 4.55. The molecule has 26 heavy (non-hydrogen) atoms. The molecule has 0 spiro atoms. The van der Waals surface area contributed by atoms with E-state index in [2.05, 4.69) is 22.6 Å². The van der Waals surface area contributed by atoms with Crippen molar-refractivity contribution in [2.75, 3.05) is 13.6 Å². The van der Waals surface area contributed by atoms with Crippen molar-refractivity contribution in [2.45, 2.75) is 51.5 Å². The summed E-state index contributed by atoms with van der Waals surface area (Å²) in [5.41, 5.74) is 3.06. The summed E-state index contributed by atoms with van der Waals surface area (Å²) < 4.78 is 5.18. The Kier molecular flexibility index (Phi) is 5.56. The maximum absolute atomic E-state index is 12.6. The number of hydrogen-bond donors (Lipinski definition) is 1. The van der Waals surface area contributed by atoms with Crippen molar-refractivity contribution >= 4 is 17.6 Å². The van der Waals surface area contributed by atoms with Gasteiger partial charge in [0.1, 0.15) is 5.76 Å². The molecule has 1 fully saturated rings. The van der Waals surface area contributed by atoms with Crippen LogP contribution in [0.4, 0.5) is 4.79 Å². The maximum Gasteiger partial charge on any atom is 0.317 e. The highest BCUT2D eigenvalue weighted by atomic mass is 35.5. The topological polar surface area (TPSA) is 58.4 Å². The Hall–Kier alpha value is -2.01. The normalized spacial score (nSPS) is 15.8. The van der Waals surface area contributed by atoms with Gasteiger partial charge in [-0.25, -0.2) is 4.79 Å². The Bertz CT molecular complexity index is 744. The molecule has 6 heteroatoms. The minimum Gasteiger partial charge on any atom is -0.361 e. The molecule has 0 aliphatic heterocycles. The molecule has 0 radical (unpaired) electrons. The Balaban J connectivity index is 1.65. The molecule has 1 aromatic heterocycles. The molecule has 1 saturated carbocycles. The summed E-state index contributed by atoms with van der Waals surface area (Å²) in [5, 5.41) is 7.82. The molecule has 0 atom stereocenters. The number of nitrogens with one attached hydrogen (secondary N) is 1. The predicted octanol–water partition coefficient (Wildman–Crippen LogP) is 4.60. The van der Waals surface area contributed by atoms with Crippen LogP contribution >= 0.6 is 11.6 Å². The largest absolute Gasteiger partial charge is 0.361 e. The Labute approximate surface area is 159 Å². The van der Waals surface area contributed by atoms with Gasteiger partial charge in [-0.05, 0) is 44.4 Å². The molecule has 1 aliphatic rings. The van der Waals surface area contributed by atoms with Crippen LogP contribution in [0, 0.1) is 13.8 Å². The van der Waals surface area contributed by atoms with Gasteiger partial charge in [0.15, 0.2) is 0 Å². The second kappa shape index (κ2) is 7.70. The summed E-state index contributed by atoms with van der Waals surface area (Å²) in [5.74, 6) is 0.760. The third kappa shape index (κ3) is 3.88. The summed E-state index contributed by atoms with van der Waals surface area (Å²) in [7, 11) is 1.80. The molecule has 5 nitrogen and oxygen atoms in total. The standard InChI is InChI=1S/C20H26ClN3O2/c1-14-18(15(2)26-23-14)12-24(3)19(25)22-13-20(10-4-5-11-20)16-6-8-17(21)9-7-16/h6-9H,4-5,10-13H2,1-3H3,(H,22,25). The molecule has 3 rings (SSSR count). The van der Waals surface area contributed by atoms with E-state index in [1.165, 1.54) is 18.4 Å². The number of hydrogen-bond acceptors (Lipinski definition) is 3. The van der Waals surface area contributed by atoms with Gasteiger partial charge in [0.25, 0.3) is 0 Å². The number of rotatable bonds is 5. The van der Waals surface area contributed by atoms with Crippen LogP contribution in [0.25, 0.3) is 0 Å². The van der Waals surface area contributed by atoms with Crippen molar-refractivity contribution in [3.8, 4) is 0 Å². The third-order valence-electron chi connectivity index (χ3n) is 5.52. The smallest absolute Gasteiger partial charge is 0.317 e. The quantitative estimate of drug-likeness (QED) is 0.830. The van der Waals surface area contributed by atoms with Gasteiger partial charge in [-0.1, -0.05) is 41.7 Å². The molecule has 2 amide bonds. The SMILES string of the molecule is Cc1noc(C)c1CN(C)C(=O)NCC1(c2ccc(Cl)cc2)CCCC1. The van der Waals surface area contributed by atoms with E-state index in [-0.39, 0.29) is 11.4 Å². The zero-order valence-electron chi connectivity index (χ0n) is 15.6. The Morgan fingerprint density at radius 2 is 1.92 bits per heavy atom. The lowest BCUT2D eigenvalue weighted by molar-refractivity contribution is 0.203. The fraction of sp³-hybridized carbons (Fsp3) is 0.500. The number of halogens is 1. The van der Waals surface area contributed by atoms with Gasteiger partial charge in [-0.15, -0.1) is 0 Å². The van der Waals surface area contributed by atoms with Crippen LogP contribution in [-0.4, -0.2) is 29.7 Å². The van der Waals surface area contributed by atoms with Crippen LogP contribution in [0.5, 0.6) is 0 Å². The molecular formula is C20H26ClN3O2. The van der Waals surface area contributed by atoms with Gasteiger partial charge in [0, 0.05) is 29.6 Å². The van der Waals surface area contributed by atoms with Crippen LogP contribution in [0.3, 0.4) is 0 Å². The number of aromatic nitrogens is 1. The first-order valence-electron chi connectivity index (χ1n) is 9.08. The lowest BCUT2D eigenvalue weighted by atomic mass is 9.79. The molecule has 1 heterocycles. The van der Waals surface area contributed by atoms with Gasteiger partial charge in [-0.3, -0.25) is 0 Å². The molecule has 1 aromatic carbocycles. The first-order valence-corrected chi connectivity index (χ1v) is 9.46. The van der Waals surface area contributed by atoms with Crippen molar-refractivity contribution in [3.63, 3.8) is 0 Å². The van der Waals surface area contributed by atoms with Crippen molar-refractivity contribution in [1.82, 2.24) is 15.4 Å². The van der Waals surface area contributed by atoms with Gasteiger partial charge < -0.3 is 14.7 Å². The number of nitrogens with zero attached hydrogens (tertiary/aromatic N) is 2. The van der Waals surface area contributed by atoms with Gasteiger partial charge >= 0.3 is 6.03 Å². The van der Waals surface area contributed by atoms with Crippen molar-refractivity contribution in [2.24, 2.45) is 0 Å². The van der Waals surface area contributed by atoms with E-state index in [0.717, 1.165) is 34.9 Å². The van der Waals surface area contributed by atoms with E-state index in [4.69, 9.17) is 16.1 Å². The average Bonchev–Trinajstić information content (AvgIpc) is 3.23. The number of carbonyl (C=O) groups is 1. The highest BCUT2D eigenvalue weighted by Gasteiger charge is 2.36. The zero-order chi connectivity index (χ0) is 18.7. The lowest BCUT2D eigenvalue weighted by Crippen LogP contribution is -2.44. The summed E-state index contributed by atoms with van der Waals surface area (Å²) in [6, 6.07) is 7.97. The second-order valence-electron chi connectivity index (χ2n) is 7.31. The van der Waals surface area contributed by atoms with Crippen molar-refractivity contribution in [1.29, 1.82) is 0 Å². The van der Waals surface area contributed by atoms with Gasteiger partial charge in [0.05, 0.1) is 12.2 Å². The van der Waals surface area contributed by atoms with Crippen LogP contribution in [0.1, 0.15) is 48.3 Å². The molecule has 140 valence electrons. The molecule has 0 saturated heterocycles. The molecular weight excluding hydrogens is 350 g/mol. The van der Waals surface area contributed by atoms with E-state index in [0.29, 0.717) is 13.1 Å². The second-order valence-corrected chi connectivity index (χ2v) is 7.75. The van der Waals surface area contributed by atoms with Crippen LogP contribution in [-0.2, 0) is 12.0 Å². The molecule has 0 unspecified atom stereocenters. The van der Waals surface area contributed by atoms with Gasteiger partial charge in [0.2, 0.25) is 0 Å². The highest BCUT2D eigenvalue weighted by Crippen LogP contribution is 2.41. The highest BCUT2D eigenvalue weighted by molar-refractivity contribution is 6.30. The van der Waals surface area contributed by atoms with Crippen molar-refractivity contribution in [3.05, 3.63) is 51.9 Å². The van der Waals surface area contributed by atoms with E-state index in [1.54, 1.807) is 11.9 Å². The van der Waals surface area contributed by atoms with E-state index >= 15 is 0 Å². The summed E-state index contributed by atoms with van der Waals surface area (Å²) in [4.78, 5) is 14.3. The first kappa shape index (κ1) is 18.8. The number of carbonyl (C=O) groups excluding carboxylic acids is 1. The van der Waals surface area contributed by atoms with Gasteiger partial charge in [-0.2, -0.15) is 0 Å². The lowest BCUT2D eigenvalue weighted by Gasteiger charge is -2.31. The van der Waals surface area contributed by atoms with Crippen LogP contribution in [0.15, 0.2) is 28.8 Å². The number of amides is 2. The molecule has 0 bridgehead atoms. The van der Waals surface area contributed by atoms with Crippen molar-refractivity contribution < 1.29 is 9.32 Å². The Morgan fingerprint density at radius 1 is 1.27 bits per heavy atom. The fourth-order valence-corrected chi connectivity index (χ4v) is 3.97. The monoisotopic (exact) mass is 375 g/mol. The molecule has 2 aromatic rings. The molecule has 1 N–H and O–H groups in total. The number of urea groups is 1. The zero-order valence-corrected chi connectivity index (χ0v) is 16.4. The van der Waals surface area contributed by atoms with E-state index < -0.39 is 0 Å². The van der Waals surface area contributed by atoms with Crippen LogP contribution < -0.4 is 5.32 Å². The third-order valence-corrected chi connectivity index (χ3v) is 5.77. The van der Waals surface area contributed by atoms with E-state index in [1.807, 2.05) is 26.0 Å². The average molecular weight is 376 g/mol. The summed E-state index contributed by atoms with van der Waals surface area (Å²) in [6.45, 7) is 4.89. The number of aryl methyl sites for hydroxylation is 2. The van der Waals surface area contributed by atoms with Crippen LogP contribution in [0.2, 0.25) is 5.02 Å². The maximum atomic E-state index is 12.6. The van der Waals surface area contributed by atoms with E-state index in [9.17, 15) is 4.79 Å². The first-order chi connectivity index (χ1) is 12.4. The molecule has 1 aliphatic carbocycles. The minimum atomic E-state index is -0.0785. The number of benzene rings is 1.